The van der Waals surface area contributed by atoms with Crippen LogP contribution in [0.25, 0.3) is 0 Å². The van der Waals surface area contributed by atoms with Gasteiger partial charge in [-0.25, -0.2) is 0 Å². The van der Waals surface area contributed by atoms with Crippen LogP contribution >= 0.6 is 0 Å². The summed E-state index contributed by atoms with van der Waals surface area (Å²) in [5.74, 6) is 0.0371. The Bertz CT molecular complexity index is 265. The number of ether oxygens (including phenoxy) is 1. The number of nitrogens with one attached hydrogen (secondary N) is 2. The van der Waals surface area contributed by atoms with Crippen LogP contribution < -0.4 is 10.6 Å². The van der Waals surface area contributed by atoms with Crippen molar-refractivity contribution in [1.29, 1.82) is 0 Å². The number of morpholine rings is 1. The monoisotopic (exact) mass is 243 g/mol. The summed E-state index contributed by atoms with van der Waals surface area (Å²) >= 11 is 0. The highest BCUT2D eigenvalue weighted by Crippen LogP contribution is 2.00. The predicted molar refractivity (Wildman–Crippen MR) is 63.5 cm³/mol. The maximum Gasteiger partial charge on any atom is 0.239 e. The third-order valence-electron chi connectivity index (χ3n) is 2.64. The number of carbonyl (C=O) groups is 2. The van der Waals surface area contributed by atoms with E-state index in [2.05, 4.69) is 10.6 Å². The van der Waals surface area contributed by atoms with Crippen molar-refractivity contribution in [2.45, 2.75) is 19.9 Å². The molecule has 0 aliphatic carbocycles. The molecule has 0 aromatic carbocycles. The topological polar surface area (TPSA) is 70.7 Å². The molecule has 17 heavy (non-hydrogen) atoms. The molecular weight excluding hydrogens is 222 g/mol. The molecule has 1 fully saturated rings. The fourth-order valence-electron chi connectivity index (χ4n) is 1.67. The van der Waals surface area contributed by atoms with Crippen LogP contribution in [0, 0.1) is 0 Å². The minimum absolute atomic E-state index is 0.0565. The number of amides is 2. The highest BCUT2D eigenvalue weighted by Gasteiger charge is 2.21. The van der Waals surface area contributed by atoms with E-state index in [9.17, 15) is 9.59 Å². The second kappa shape index (κ2) is 7.24. The first-order valence-electron chi connectivity index (χ1n) is 5.95. The lowest BCUT2D eigenvalue weighted by atomic mass is 10.2. The first-order chi connectivity index (χ1) is 8.11. The zero-order chi connectivity index (χ0) is 12.7. The Hall–Kier alpha value is -1.14. The molecule has 1 atom stereocenters. The molecule has 6 heteroatoms. The average Bonchev–Trinajstić information content (AvgIpc) is 2.34. The van der Waals surface area contributed by atoms with Crippen molar-refractivity contribution in [3.63, 3.8) is 0 Å². The highest BCUT2D eigenvalue weighted by molar-refractivity contribution is 5.81. The first kappa shape index (κ1) is 13.9. The summed E-state index contributed by atoms with van der Waals surface area (Å²) in [4.78, 5) is 24.4. The fraction of sp³-hybridized carbons (Fsp3) is 0.818. The van der Waals surface area contributed by atoms with Gasteiger partial charge in [-0.05, 0) is 6.92 Å². The van der Waals surface area contributed by atoms with Gasteiger partial charge >= 0.3 is 0 Å². The van der Waals surface area contributed by atoms with Crippen LogP contribution in [-0.2, 0) is 14.3 Å². The van der Waals surface area contributed by atoms with Crippen molar-refractivity contribution < 1.29 is 14.3 Å². The van der Waals surface area contributed by atoms with E-state index < -0.39 is 0 Å². The van der Waals surface area contributed by atoms with Gasteiger partial charge in [0.25, 0.3) is 0 Å². The van der Waals surface area contributed by atoms with Crippen LogP contribution in [-0.4, -0.2) is 62.1 Å². The van der Waals surface area contributed by atoms with Gasteiger partial charge in [-0.1, -0.05) is 0 Å². The van der Waals surface area contributed by atoms with E-state index in [1.54, 1.807) is 4.90 Å². The number of carbonyl (C=O) groups excluding carboxylic acids is 2. The average molecular weight is 243 g/mol. The van der Waals surface area contributed by atoms with Gasteiger partial charge in [-0.3, -0.25) is 9.59 Å². The van der Waals surface area contributed by atoms with Gasteiger partial charge in [-0.2, -0.15) is 0 Å². The standard InChI is InChI=1S/C11H21N3O3/c1-9(12-3-4-13-10(2)15)11(16)14-5-7-17-8-6-14/h9,12H,3-8H2,1-2H3,(H,13,15). The molecule has 0 spiro atoms. The predicted octanol–water partition coefficient (Wildman–Crippen LogP) is -1.04. The van der Waals surface area contributed by atoms with Gasteiger partial charge in [0.2, 0.25) is 11.8 Å². The molecular formula is C11H21N3O3. The summed E-state index contributed by atoms with van der Waals surface area (Å²) in [6.45, 7) is 7.00. The van der Waals surface area contributed by atoms with Crippen LogP contribution in [0.5, 0.6) is 0 Å². The first-order valence-corrected chi connectivity index (χ1v) is 5.95. The molecule has 1 aliphatic rings. The Balaban J connectivity index is 2.19. The summed E-state index contributed by atoms with van der Waals surface area (Å²) in [7, 11) is 0. The molecule has 2 amide bonds. The summed E-state index contributed by atoms with van der Waals surface area (Å²) in [6, 6.07) is -0.221. The third kappa shape index (κ3) is 5.14. The van der Waals surface area contributed by atoms with Crippen LogP contribution in [0.15, 0.2) is 0 Å². The number of hydrogen-bond acceptors (Lipinski definition) is 4. The lowest BCUT2D eigenvalue weighted by molar-refractivity contribution is -0.137. The molecule has 1 heterocycles. The minimum Gasteiger partial charge on any atom is -0.378 e. The molecule has 6 nitrogen and oxygen atoms in total. The van der Waals surface area contributed by atoms with Crippen molar-refractivity contribution in [2.75, 3.05) is 39.4 Å². The van der Waals surface area contributed by atoms with Crippen molar-refractivity contribution in [1.82, 2.24) is 15.5 Å². The molecule has 98 valence electrons. The fourth-order valence-corrected chi connectivity index (χ4v) is 1.67. The summed E-state index contributed by atoms with van der Waals surface area (Å²) in [5, 5.41) is 5.76. The van der Waals surface area contributed by atoms with Crippen LogP contribution in [0.2, 0.25) is 0 Å². The van der Waals surface area contributed by atoms with Crippen molar-refractivity contribution in [3.05, 3.63) is 0 Å². The molecule has 0 aromatic rings. The highest BCUT2D eigenvalue weighted by atomic mass is 16.5. The van der Waals surface area contributed by atoms with E-state index in [0.29, 0.717) is 39.4 Å². The van der Waals surface area contributed by atoms with E-state index in [0.717, 1.165) is 0 Å². The Morgan fingerprint density at radius 2 is 1.94 bits per heavy atom. The van der Waals surface area contributed by atoms with Crippen LogP contribution in [0.3, 0.4) is 0 Å². The van der Waals surface area contributed by atoms with Crippen molar-refractivity contribution in [3.8, 4) is 0 Å². The van der Waals surface area contributed by atoms with E-state index in [1.165, 1.54) is 6.92 Å². The van der Waals surface area contributed by atoms with E-state index in [1.807, 2.05) is 6.92 Å². The lowest BCUT2D eigenvalue weighted by Gasteiger charge is -2.29. The maximum atomic E-state index is 11.9. The maximum absolute atomic E-state index is 11.9. The second-order valence-electron chi connectivity index (χ2n) is 4.10. The molecule has 1 saturated heterocycles. The van der Waals surface area contributed by atoms with Gasteiger partial charge in [0, 0.05) is 33.1 Å². The Morgan fingerprint density at radius 1 is 1.29 bits per heavy atom. The van der Waals surface area contributed by atoms with Crippen LogP contribution in [0.4, 0.5) is 0 Å². The molecule has 0 aromatic heterocycles. The lowest BCUT2D eigenvalue weighted by Crippen LogP contribution is -2.50. The van der Waals surface area contributed by atoms with Gasteiger partial charge in [0.05, 0.1) is 19.3 Å². The zero-order valence-corrected chi connectivity index (χ0v) is 10.5. The van der Waals surface area contributed by atoms with Gasteiger partial charge < -0.3 is 20.3 Å². The summed E-state index contributed by atoms with van der Waals surface area (Å²) < 4.78 is 5.19. The zero-order valence-electron chi connectivity index (χ0n) is 10.5. The molecule has 1 rings (SSSR count). The molecule has 1 aliphatic heterocycles. The quantitative estimate of drug-likeness (QED) is 0.605. The number of hydrogen-bond donors (Lipinski definition) is 2. The molecule has 0 radical (unpaired) electrons. The van der Waals surface area contributed by atoms with Gasteiger partial charge in [0.1, 0.15) is 0 Å². The van der Waals surface area contributed by atoms with Crippen molar-refractivity contribution in [2.24, 2.45) is 0 Å². The molecule has 0 saturated carbocycles. The summed E-state index contributed by atoms with van der Waals surface area (Å²) in [5.41, 5.74) is 0. The molecule has 1 unspecified atom stereocenters. The number of rotatable bonds is 5. The number of nitrogens with zero attached hydrogens (tertiary/aromatic N) is 1. The Morgan fingerprint density at radius 3 is 2.53 bits per heavy atom. The van der Waals surface area contributed by atoms with Crippen molar-refractivity contribution >= 4 is 11.8 Å². The minimum atomic E-state index is -0.221. The largest absolute Gasteiger partial charge is 0.378 e. The van der Waals surface area contributed by atoms with E-state index >= 15 is 0 Å². The SMILES string of the molecule is CC(=O)NCCNC(C)C(=O)N1CCOCC1. The summed E-state index contributed by atoms with van der Waals surface area (Å²) in [6.07, 6.45) is 0. The molecule has 2 N–H and O–H groups in total. The Kier molecular flexibility index (Phi) is 5.93. The van der Waals surface area contributed by atoms with Crippen LogP contribution in [0.1, 0.15) is 13.8 Å². The second-order valence-corrected chi connectivity index (χ2v) is 4.10. The van der Waals surface area contributed by atoms with Gasteiger partial charge in [-0.15, -0.1) is 0 Å². The van der Waals surface area contributed by atoms with Gasteiger partial charge in [0.15, 0.2) is 0 Å². The van der Waals surface area contributed by atoms with E-state index in [4.69, 9.17) is 4.74 Å². The molecule has 0 bridgehead atoms. The smallest absolute Gasteiger partial charge is 0.239 e. The van der Waals surface area contributed by atoms with E-state index in [-0.39, 0.29) is 17.9 Å². The Labute approximate surface area is 102 Å². The third-order valence-corrected chi connectivity index (χ3v) is 2.64. The normalized spacial score (nSPS) is 17.6.